The standard InChI is InChI=1S/C17H25BrN2O2/c1-12-7-13(9-14(18)8-12)10-20-6-5-15(11-20)19-16(21)22-17(2,3)4/h7-9,15H,5-6,10-11H2,1-4H3,(H,19,21). The van der Waals surface area contributed by atoms with Crippen molar-refractivity contribution < 1.29 is 9.53 Å². The van der Waals surface area contributed by atoms with E-state index in [1.807, 2.05) is 20.8 Å². The minimum Gasteiger partial charge on any atom is -0.444 e. The van der Waals surface area contributed by atoms with E-state index >= 15 is 0 Å². The van der Waals surface area contributed by atoms with E-state index in [9.17, 15) is 4.79 Å². The lowest BCUT2D eigenvalue weighted by molar-refractivity contribution is 0.0506. The van der Waals surface area contributed by atoms with Crippen LogP contribution < -0.4 is 5.32 Å². The van der Waals surface area contributed by atoms with Gasteiger partial charge in [0.25, 0.3) is 0 Å². The molecule has 1 fully saturated rings. The SMILES string of the molecule is Cc1cc(Br)cc(CN2CCC(NC(=O)OC(C)(C)C)C2)c1. The summed E-state index contributed by atoms with van der Waals surface area (Å²) < 4.78 is 6.43. The number of likely N-dealkylation sites (tertiary alicyclic amines) is 1. The maximum atomic E-state index is 11.8. The highest BCUT2D eigenvalue weighted by Crippen LogP contribution is 2.19. The molecule has 0 bridgehead atoms. The molecule has 1 atom stereocenters. The molecule has 22 heavy (non-hydrogen) atoms. The topological polar surface area (TPSA) is 41.6 Å². The fourth-order valence-corrected chi connectivity index (χ4v) is 3.38. The molecule has 1 aromatic rings. The Hall–Kier alpha value is -1.07. The fraction of sp³-hybridized carbons (Fsp3) is 0.588. The van der Waals surface area contributed by atoms with Crippen LogP contribution in [-0.2, 0) is 11.3 Å². The van der Waals surface area contributed by atoms with Crippen LogP contribution in [0.5, 0.6) is 0 Å². The van der Waals surface area contributed by atoms with Gasteiger partial charge in [-0.1, -0.05) is 22.0 Å². The lowest BCUT2D eigenvalue weighted by Crippen LogP contribution is -2.40. The van der Waals surface area contributed by atoms with Crippen molar-refractivity contribution in [3.05, 3.63) is 33.8 Å². The molecule has 4 nitrogen and oxygen atoms in total. The maximum Gasteiger partial charge on any atom is 0.407 e. The van der Waals surface area contributed by atoms with Crippen LogP contribution in [0.1, 0.15) is 38.3 Å². The number of carbonyl (C=O) groups is 1. The number of aryl methyl sites for hydroxylation is 1. The van der Waals surface area contributed by atoms with Gasteiger partial charge >= 0.3 is 6.09 Å². The Morgan fingerprint density at radius 3 is 2.77 bits per heavy atom. The lowest BCUT2D eigenvalue weighted by Gasteiger charge is -2.22. The molecule has 1 aromatic carbocycles. The normalized spacial score (nSPS) is 19.2. The molecular weight excluding hydrogens is 344 g/mol. The molecule has 1 aliphatic heterocycles. The lowest BCUT2D eigenvalue weighted by atomic mass is 10.1. The third kappa shape index (κ3) is 5.61. The van der Waals surface area contributed by atoms with Crippen molar-refractivity contribution in [2.45, 2.75) is 52.3 Å². The number of rotatable bonds is 3. The second kappa shape index (κ2) is 7.01. The summed E-state index contributed by atoms with van der Waals surface area (Å²) in [7, 11) is 0. The quantitative estimate of drug-likeness (QED) is 0.880. The van der Waals surface area contributed by atoms with Crippen LogP contribution in [-0.4, -0.2) is 35.7 Å². The van der Waals surface area contributed by atoms with Gasteiger partial charge in [-0.25, -0.2) is 4.79 Å². The minimum atomic E-state index is -0.448. The largest absolute Gasteiger partial charge is 0.444 e. The van der Waals surface area contributed by atoms with E-state index in [1.165, 1.54) is 11.1 Å². The van der Waals surface area contributed by atoms with Crippen molar-refractivity contribution in [2.75, 3.05) is 13.1 Å². The van der Waals surface area contributed by atoms with Crippen molar-refractivity contribution in [1.29, 1.82) is 0 Å². The number of benzene rings is 1. The predicted octanol–water partition coefficient (Wildman–Crippen LogP) is 3.86. The number of hydrogen-bond donors (Lipinski definition) is 1. The smallest absolute Gasteiger partial charge is 0.407 e. The Morgan fingerprint density at radius 1 is 1.41 bits per heavy atom. The molecule has 0 radical (unpaired) electrons. The zero-order chi connectivity index (χ0) is 16.3. The van der Waals surface area contributed by atoms with E-state index in [4.69, 9.17) is 4.74 Å². The van der Waals surface area contributed by atoms with Gasteiger partial charge in [-0.15, -0.1) is 0 Å². The molecule has 1 aliphatic rings. The van der Waals surface area contributed by atoms with Crippen molar-refractivity contribution in [3.8, 4) is 0 Å². The second-order valence-corrected chi connectivity index (χ2v) is 7.92. The Kier molecular flexibility index (Phi) is 5.50. The Labute approximate surface area is 141 Å². The molecule has 1 amide bonds. The van der Waals surface area contributed by atoms with E-state index in [0.29, 0.717) is 0 Å². The van der Waals surface area contributed by atoms with Crippen molar-refractivity contribution in [2.24, 2.45) is 0 Å². The van der Waals surface area contributed by atoms with E-state index < -0.39 is 5.60 Å². The highest BCUT2D eigenvalue weighted by atomic mass is 79.9. The highest BCUT2D eigenvalue weighted by molar-refractivity contribution is 9.10. The van der Waals surface area contributed by atoms with Crippen LogP contribution in [0.15, 0.2) is 22.7 Å². The van der Waals surface area contributed by atoms with Crippen LogP contribution in [0.4, 0.5) is 4.79 Å². The summed E-state index contributed by atoms with van der Waals surface area (Å²) in [5.74, 6) is 0. The van der Waals surface area contributed by atoms with Gasteiger partial charge in [0.05, 0.1) is 0 Å². The summed E-state index contributed by atoms with van der Waals surface area (Å²) in [4.78, 5) is 14.2. The second-order valence-electron chi connectivity index (χ2n) is 7.00. The number of halogens is 1. The van der Waals surface area contributed by atoms with Gasteiger partial charge in [-0.3, -0.25) is 4.90 Å². The molecule has 1 N–H and O–H groups in total. The molecule has 1 saturated heterocycles. The zero-order valence-electron chi connectivity index (χ0n) is 13.8. The number of alkyl carbamates (subject to hydrolysis) is 1. The molecular formula is C17H25BrN2O2. The molecule has 1 unspecified atom stereocenters. The Bertz CT molecular complexity index is 520. The first-order valence-electron chi connectivity index (χ1n) is 7.69. The Morgan fingerprint density at radius 2 is 2.14 bits per heavy atom. The monoisotopic (exact) mass is 368 g/mol. The number of hydrogen-bond acceptors (Lipinski definition) is 3. The van der Waals surface area contributed by atoms with Crippen LogP contribution in [0.3, 0.4) is 0 Å². The molecule has 2 rings (SSSR count). The van der Waals surface area contributed by atoms with Crippen molar-refractivity contribution >= 4 is 22.0 Å². The number of nitrogens with zero attached hydrogens (tertiary/aromatic N) is 1. The van der Waals surface area contributed by atoms with E-state index in [-0.39, 0.29) is 12.1 Å². The third-order valence-corrected chi connectivity index (χ3v) is 3.96. The van der Waals surface area contributed by atoms with Gasteiger partial charge in [-0.2, -0.15) is 0 Å². The summed E-state index contributed by atoms with van der Waals surface area (Å²) in [6.45, 7) is 10.5. The van der Waals surface area contributed by atoms with Gasteiger partial charge in [0, 0.05) is 30.1 Å². The van der Waals surface area contributed by atoms with Gasteiger partial charge in [-0.05, 0) is 57.4 Å². The van der Waals surface area contributed by atoms with Crippen LogP contribution in [0.25, 0.3) is 0 Å². The van der Waals surface area contributed by atoms with Crippen LogP contribution >= 0.6 is 15.9 Å². The van der Waals surface area contributed by atoms with Crippen LogP contribution in [0, 0.1) is 6.92 Å². The summed E-state index contributed by atoms with van der Waals surface area (Å²) in [5, 5.41) is 2.96. The van der Waals surface area contributed by atoms with E-state index in [2.05, 4.69) is 51.3 Å². The zero-order valence-corrected chi connectivity index (χ0v) is 15.4. The number of amides is 1. The highest BCUT2D eigenvalue weighted by Gasteiger charge is 2.26. The van der Waals surface area contributed by atoms with Crippen molar-refractivity contribution in [1.82, 2.24) is 10.2 Å². The summed E-state index contributed by atoms with van der Waals surface area (Å²) in [6, 6.07) is 6.64. The molecule has 5 heteroatoms. The number of ether oxygens (including phenoxy) is 1. The molecule has 122 valence electrons. The summed E-state index contributed by atoms with van der Waals surface area (Å²) in [5.41, 5.74) is 2.10. The molecule has 1 heterocycles. The van der Waals surface area contributed by atoms with Gasteiger partial charge in [0.2, 0.25) is 0 Å². The number of nitrogens with one attached hydrogen (secondary N) is 1. The Balaban J connectivity index is 1.84. The minimum absolute atomic E-state index is 0.170. The van der Waals surface area contributed by atoms with Crippen molar-refractivity contribution in [3.63, 3.8) is 0 Å². The maximum absolute atomic E-state index is 11.8. The van der Waals surface area contributed by atoms with Gasteiger partial charge < -0.3 is 10.1 Å². The first-order chi connectivity index (χ1) is 10.2. The molecule has 0 saturated carbocycles. The average molecular weight is 369 g/mol. The average Bonchev–Trinajstić information content (AvgIpc) is 2.71. The van der Waals surface area contributed by atoms with Crippen LogP contribution in [0.2, 0.25) is 0 Å². The predicted molar refractivity (Wildman–Crippen MR) is 91.9 cm³/mol. The van der Waals surface area contributed by atoms with Gasteiger partial charge in [0.15, 0.2) is 0 Å². The van der Waals surface area contributed by atoms with E-state index in [1.54, 1.807) is 0 Å². The molecule has 0 aromatic heterocycles. The van der Waals surface area contributed by atoms with Gasteiger partial charge in [0.1, 0.15) is 5.60 Å². The summed E-state index contributed by atoms with van der Waals surface area (Å²) >= 11 is 3.54. The third-order valence-electron chi connectivity index (χ3n) is 3.50. The fourth-order valence-electron chi connectivity index (χ4n) is 2.73. The number of carbonyl (C=O) groups excluding carboxylic acids is 1. The first-order valence-corrected chi connectivity index (χ1v) is 8.48. The molecule has 0 aliphatic carbocycles. The first kappa shape index (κ1) is 17.3. The summed E-state index contributed by atoms with van der Waals surface area (Å²) in [6.07, 6.45) is 0.643. The van der Waals surface area contributed by atoms with E-state index in [0.717, 1.165) is 30.5 Å². The molecule has 0 spiro atoms.